The summed E-state index contributed by atoms with van der Waals surface area (Å²) in [5.74, 6) is 0.303. The first kappa shape index (κ1) is 19.6. The third-order valence-corrected chi connectivity index (χ3v) is 7.76. The molecule has 32 heavy (non-hydrogen) atoms. The van der Waals surface area contributed by atoms with Crippen molar-refractivity contribution in [2.75, 3.05) is 0 Å². The normalized spacial score (nSPS) is 24.4. The fourth-order valence-corrected chi connectivity index (χ4v) is 6.07. The van der Waals surface area contributed by atoms with Crippen molar-refractivity contribution in [1.82, 2.24) is 20.1 Å². The number of nitrogens with zero attached hydrogens (tertiary/aromatic N) is 2. The number of fused-ring (bicyclic) bond motifs is 2. The largest absolute Gasteiger partial charge is 0.348 e. The molecule has 162 valence electrons. The Hall–Kier alpha value is -3.12. The third-order valence-electron chi connectivity index (χ3n) is 7.43. The van der Waals surface area contributed by atoms with Gasteiger partial charge in [0, 0.05) is 40.3 Å². The van der Waals surface area contributed by atoms with Crippen LogP contribution >= 0.6 is 11.6 Å². The van der Waals surface area contributed by atoms with Gasteiger partial charge in [-0.15, -0.1) is 0 Å². The van der Waals surface area contributed by atoms with Crippen LogP contribution in [0.5, 0.6) is 0 Å². The van der Waals surface area contributed by atoms with E-state index in [-0.39, 0.29) is 22.9 Å². The highest BCUT2D eigenvalue weighted by Gasteiger charge is 2.54. The number of aromatic amines is 1. The molecule has 0 unspecified atom stereocenters. The van der Waals surface area contributed by atoms with Crippen molar-refractivity contribution in [3.05, 3.63) is 75.3 Å². The van der Waals surface area contributed by atoms with Gasteiger partial charge in [-0.25, -0.2) is 5.10 Å². The van der Waals surface area contributed by atoms with Crippen molar-refractivity contribution >= 4 is 39.2 Å². The van der Waals surface area contributed by atoms with Gasteiger partial charge in [-0.1, -0.05) is 35.9 Å². The molecule has 2 N–H and O–H groups in total. The highest BCUT2D eigenvalue weighted by atomic mass is 35.5. The zero-order valence-corrected chi connectivity index (χ0v) is 18.4. The van der Waals surface area contributed by atoms with Gasteiger partial charge in [0.15, 0.2) is 0 Å². The molecule has 2 heterocycles. The van der Waals surface area contributed by atoms with Crippen LogP contribution in [0.25, 0.3) is 21.7 Å². The molecule has 7 heteroatoms. The number of aryl methyl sites for hydroxylation is 1. The second-order valence-corrected chi connectivity index (χ2v) is 9.84. The van der Waals surface area contributed by atoms with Gasteiger partial charge in [0.1, 0.15) is 5.69 Å². The summed E-state index contributed by atoms with van der Waals surface area (Å²) in [4.78, 5) is 25.0. The number of amides is 1. The quantitative estimate of drug-likeness (QED) is 0.485. The molecule has 6 nitrogen and oxygen atoms in total. The minimum Gasteiger partial charge on any atom is -0.348 e. The first-order valence-electron chi connectivity index (χ1n) is 11.0. The Labute approximate surface area is 189 Å². The molecule has 0 radical (unpaired) electrons. The van der Waals surface area contributed by atoms with Crippen LogP contribution in [0.2, 0.25) is 5.02 Å². The number of hydrogen-bond donors (Lipinski definition) is 2. The number of halogens is 1. The van der Waals surface area contributed by atoms with E-state index in [0.29, 0.717) is 22.0 Å². The SMILES string of the molecule is Cn1c(C(=O)N[C@H]2CC3(C2)C[C@H](c2n[nH]c(=O)c4ccccc42)C3)cc2c(Cl)cccc21. The lowest BCUT2D eigenvalue weighted by Gasteiger charge is -2.57. The maximum Gasteiger partial charge on any atom is 0.272 e. The smallest absolute Gasteiger partial charge is 0.272 e. The van der Waals surface area contributed by atoms with Crippen molar-refractivity contribution in [3.63, 3.8) is 0 Å². The third kappa shape index (κ3) is 2.89. The van der Waals surface area contributed by atoms with Crippen molar-refractivity contribution in [3.8, 4) is 0 Å². The van der Waals surface area contributed by atoms with E-state index >= 15 is 0 Å². The summed E-state index contributed by atoms with van der Waals surface area (Å²) in [7, 11) is 1.90. The summed E-state index contributed by atoms with van der Waals surface area (Å²) in [5.41, 5.74) is 2.72. The van der Waals surface area contributed by atoms with Crippen molar-refractivity contribution in [2.24, 2.45) is 12.5 Å². The Kier molecular flexibility index (Phi) is 4.24. The zero-order valence-electron chi connectivity index (χ0n) is 17.7. The van der Waals surface area contributed by atoms with Gasteiger partial charge < -0.3 is 9.88 Å². The van der Waals surface area contributed by atoms with Crippen molar-refractivity contribution in [1.29, 1.82) is 0 Å². The molecular weight excluding hydrogens is 424 g/mol. The van der Waals surface area contributed by atoms with E-state index < -0.39 is 0 Å². The Morgan fingerprint density at radius 1 is 1.09 bits per heavy atom. The highest BCUT2D eigenvalue weighted by Crippen LogP contribution is 2.62. The molecule has 2 fully saturated rings. The average molecular weight is 447 g/mol. The maximum atomic E-state index is 12.9. The molecule has 2 aromatic carbocycles. The van der Waals surface area contributed by atoms with Crippen LogP contribution in [-0.2, 0) is 7.05 Å². The fourth-order valence-electron chi connectivity index (χ4n) is 5.85. The number of nitrogens with one attached hydrogen (secondary N) is 2. The molecule has 1 amide bonds. The number of benzene rings is 2. The molecule has 6 rings (SSSR count). The molecular formula is C25H23ClN4O2. The first-order valence-corrected chi connectivity index (χ1v) is 11.3. The standard InChI is InChI=1S/C25H23ClN4O2/c1-30-20-8-4-7-19(26)18(20)9-21(30)24(32)27-15-12-25(13-15)10-14(11-25)22-16-5-2-3-6-17(16)23(31)29-28-22/h2-9,14-15H,10-13H2,1H3,(H,27,32)(H,29,31)/t14-,15-,25?. The van der Waals surface area contributed by atoms with E-state index in [1.807, 2.05) is 60.1 Å². The van der Waals surface area contributed by atoms with Crippen LogP contribution in [0.3, 0.4) is 0 Å². The predicted molar refractivity (Wildman–Crippen MR) is 125 cm³/mol. The summed E-state index contributed by atoms with van der Waals surface area (Å²) in [6.07, 6.45) is 4.07. The van der Waals surface area contributed by atoms with E-state index in [4.69, 9.17) is 11.6 Å². The van der Waals surface area contributed by atoms with Crippen LogP contribution in [0.4, 0.5) is 0 Å². The predicted octanol–water partition coefficient (Wildman–Crippen LogP) is 4.52. The van der Waals surface area contributed by atoms with Gasteiger partial charge in [0.05, 0.1) is 11.1 Å². The molecule has 2 aliphatic carbocycles. The molecule has 2 saturated carbocycles. The van der Waals surface area contributed by atoms with Crippen LogP contribution in [0.15, 0.2) is 53.3 Å². The number of carbonyl (C=O) groups excluding carboxylic acids is 1. The summed E-state index contributed by atoms with van der Waals surface area (Å²) < 4.78 is 1.90. The second kappa shape index (κ2) is 6.94. The second-order valence-electron chi connectivity index (χ2n) is 9.43. The molecule has 2 aromatic heterocycles. The Morgan fingerprint density at radius 2 is 1.84 bits per heavy atom. The van der Waals surface area contributed by atoms with E-state index in [1.54, 1.807) is 0 Å². The lowest BCUT2D eigenvalue weighted by Crippen LogP contribution is -2.55. The number of rotatable bonds is 3. The van der Waals surface area contributed by atoms with E-state index in [2.05, 4.69) is 15.5 Å². The minimum atomic E-state index is -0.139. The van der Waals surface area contributed by atoms with E-state index in [0.717, 1.165) is 47.7 Å². The molecule has 0 aliphatic heterocycles. The van der Waals surface area contributed by atoms with Crippen LogP contribution < -0.4 is 10.9 Å². The highest BCUT2D eigenvalue weighted by molar-refractivity contribution is 6.35. The molecule has 0 bridgehead atoms. The summed E-state index contributed by atoms with van der Waals surface area (Å²) in [5, 5.41) is 13.4. The number of hydrogen-bond acceptors (Lipinski definition) is 3. The van der Waals surface area contributed by atoms with Crippen molar-refractivity contribution < 1.29 is 4.79 Å². The molecule has 0 atom stereocenters. The summed E-state index contributed by atoms with van der Waals surface area (Å²) in [6, 6.07) is 15.4. The Balaban J connectivity index is 1.13. The van der Waals surface area contributed by atoms with Gasteiger partial charge in [0.2, 0.25) is 0 Å². The fraction of sp³-hybridized carbons (Fsp3) is 0.320. The van der Waals surface area contributed by atoms with Gasteiger partial charge in [-0.2, -0.15) is 5.10 Å². The molecule has 4 aromatic rings. The van der Waals surface area contributed by atoms with E-state index in [9.17, 15) is 9.59 Å². The topological polar surface area (TPSA) is 79.8 Å². The van der Waals surface area contributed by atoms with Crippen LogP contribution in [0, 0.1) is 5.41 Å². The van der Waals surface area contributed by atoms with Crippen molar-refractivity contribution in [2.45, 2.75) is 37.6 Å². The van der Waals surface area contributed by atoms with Crippen LogP contribution in [-0.4, -0.2) is 26.7 Å². The van der Waals surface area contributed by atoms with Crippen LogP contribution in [0.1, 0.15) is 47.8 Å². The van der Waals surface area contributed by atoms with E-state index in [1.165, 1.54) is 0 Å². The summed E-state index contributed by atoms with van der Waals surface area (Å²) >= 11 is 6.29. The number of carbonyl (C=O) groups is 1. The van der Waals surface area contributed by atoms with Gasteiger partial charge in [0.25, 0.3) is 11.5 Å². The minimum absolute atomic E-state index is 0.0521. The zero-order chi connectivity index (χ0) is 22.0. The molecule has 1 spiro atoms. The Bertz CT molecular complexity index is 1440. The number of H-pyrrole nitrogens is 1. The molecule has 2 aliphatic rings. The average Bonchev–Trinajstić information content (AvgIpc) is 3.08. The van der Waals surface area contributed by atoms with Gasteiger partial charge in [-0.05, 0) is 55.4 Å². The number of aromatic nitrogens is 3. The monoisotopic (exact) mass is 446 g/mol. The first-order chi connectivity index (χ1) is 15.4. The lowest BCUT2D eigenvalue weighted by atomic mass is 9.49. The van der Waals surface area contributed by atoms with Gasteiger partial charge >= 0.3 is 0 Å². The maximum absolute atomic E-state index is 12.9. The lowest BCUT2D eigenvalue weighted by molar-refractivity contribution is -0.0197. The van der Waals surface area contributed by atoms with Gasteiger partial charge in [-0.3, -0.25) is 9.59 Å². The summed E-state index contributed by atoms with van der Waals surface area (Å²) in [6.45, 7) is 0. The Morgan fingerprint density at radius 3 is 2.59 bits per heavy atom. The molecule has 0 saturated heterocycles.